The van der Waals surface area contributed by atoms with Gasteiger partial charge in [-0.25, -0.2) is 9.78 Å². The van der Waals surface area contributed by atoms with Crippen molar-refractivity contribution in [3.05, 3.63) is 48.2 Å². The average molecular weight is 425 g/mol. The SMILES string of the molecule is COc1cccc(N2CCC(CNC(=O)NCc3cccnc3OC3CCCC3)C2)c1. The summed E-state index contributed by atoms with van der Waals surface area (Å²) in [6.07, 6.45) is 7.63. The van der Waals surface area contributed by atoms with Gasteiger partial charge in [0.2, 0.25) is 5.88 Å². The van der Waals surface area contributed by atoms with Crippen molar-refractivity contribution in [1.82, 2.24) is 15.6 Å². The molecule has 31 heavy (non-hydrogen) atoms. The molecule has 0 bridgehead atoms. The van der Waals surface area contributed by atoms with Crippen molar-refractivity contribution in [2.24, 2.45) is 5.92 Å². The van der Waals surface area contributed by atoms with E-state index in [4.69, 9.17) is 9.47 Å². The third kappa shape index (κ3) is 5.81. The highest BCUT2D eigenvalue weighted by atomic mass is 16.5. The highest BCUT2D eigenvalue weighted by Gasteiger charge is 2.23. The summed E-state index contributed by atoms with van der Waals surface area (Å²) >= 11 is 0. The van der Waals surface area contributed by atoms with Crippen molar-refractivity contribution in [1.29, 1.82) is 0 Å². The molecule has 1 unspecified atom stereocenters. The number of hydrogen-bond acceptors (Lipinski definition) is 5. The molecule has 2 N–H and O–H groups in total. The molecule has 1 aromatic carbocycles. The van der Waals surface area contributed by atoms with Gasteiger partial charge in [0, 0.05) is 49.7 Å². The van der Waals surface area contributed by atoms with Crippen LogP contribution in [0.4, 0.5) is 10.5 Å². The van der Waals surface area contributed by atoms with Crippen molar-refractivity contribution in [2.45, 2.75) is 44.8 Å². The van der Waals surface area contributed by atoms with E-state index in [1.54, 1.807) is 13.3 Å². The number of pyridine rings is 1. The number of methoxy groups -OCH3 is 1. The van der Waals surface area contributed by atoms with E-state index in [1.165, 1.54) is 12.8 Å². The molecular formula is C24H32N4O3. The van der Waals surface area contributed by atoms with Crippen LogP contribution in [-0.2, 0) is 6.54 Å². The van der Waals surface area contributed by atoms with Crippen LogP contribution in [0.2, 0.25) is 0 Å². The summed E-state index contributed by atoms with van der Waals surface area (Å²) in [4.78, 5) is 19.1. The Morgan fingerprint density at radius 2 is 2.03 bits per heavy atom. The molecule has 7 nitrogen and oxygen atoms in total. The molecule has 1 aliphatic heterocycles. The molecule has 1 aromatic heterocycles. The van der Waals surface area contributed by atoms with Crippen molar-refractivity contribution < 1.29 is 14.3 Å². The zero-order valence-electron chi connectivity index (χ0n) is 18.2. The van der Waals surface area contributed by atoms with Gasteiger partial charge >= 0.3 is 6.03 Å². The summed E-state index contributed by atoms with van der Waals surface area (Å²) in [5.74, 6) is 1.93. The first kappa shape index (κ1) is 21.3. The fourth-order valence-electron chi connectivity index (χ4n) is 4.34. The zero-order chi connectivity index (χ0) is 21.5. The van der Waals surface area contributed by atoms with Crippen LogP contribution in [0.1, 0.15) is 37.7 Å². The Labute approximate surface area is 184 Å². The number of carbonyl (C=O) groups is 1. The lowest BCUT2D eigenvalue weighted by Crippen LogP contribution is -2.38. The number of benzene rings is 1. The van der Waals surface area contributed by atoms with Gasteiger partial charge in [0.1, 0.15) is 11.9 Å². The topological polar surface area (TPSA) is 75.7 Å². The average Bonchev–Trinajstić information content (AvgIpc) is 3.49. The Balaban J connectivity index is 1.21. The van der Waals surface area contributed by atoms with Crippen LogP contribution in [0.3, 0.4) is 0 Å². The molecule has 0 spiro atoms. The molecular weight excluding hydrogens is 392 g/mol. The van der Waals surface area contributed by atoms with E-state index in [9.17, 15) is 4.79 Å². The third-order valence-electron chi connectivity index (χ3n) is 6.13. The van der Waals surface area contributed by atoms with E-state index in [0.717, 1.165) is 49.4 Å². The van der Waals surface area contributed by atoms with Crippen LogP contribution in [-0.4, -0.2) is 43.9 Å². The Kier molecular flexibility index (Phi) is 7.12. The number of ether oxygens (including phenoxy) is 2. The normalized spacial score (nSPS) is 18.7. The Morgan fingerprint density at radius 1 is 1.16 bits per heavy atom. The molecule has 1 saturated heterocycles. The molecule has 2 aliphatic rings. The second-order valence-electron chi connectivity index (χ2n) is 8.36. The standard InChI is InChI=1S/C24H32N4O3/c1-30-22-10-4-7-20(14-22)28-13-11-18(17-28)15-26-24(29)27-16-19-6-5-12-25-23(19)31-21-8-2-3-9-21/h4-7,10,12,14,18,21H,2-3,8-9,11,13,15-17H2,1H3,(H2,26,27,29). The quantitative estimate of drug-likeness (QED) is 0.675. The summed E-state index contributed by atoms with van der Waals surface area (Å²) < 4.78 is 11.4. The number of urea groups is 1. The van der Waals surface area contributed by atoms with E-state index in [2.05, 4.69) is 32.7 Å². The molecule has 166 valence electrons. The van der Waals surface area contributed by atoms with Gasteiger partial charge < -0.3 is 25.0 Å². The number of rotatable bonds is 8. The number of anilines is 1. The van der Waals surface area contributed by atoms with Crippen LogP contribution in [0.5, 0.6) is 11.6 Å². The predicted molar refractivity (Wildman–Crippen MR) is 121 cm³/mol. The maximum Gasteiger partial charge on any atom is 0.315 e. The van der Waals surface area contributed by atoms with Crippen molar-refractivity contribution >= 4 is 11.7 Å². The number of aromatic nitrogens is 1. The van der Waals surface area contributed by atoms with Gasteiger partial charge in [-0.1, -0.05) is 12.1 Å². The summed E-state index contributed by atoms with van der Waals surface area (Å²) in [6.45, 7) is 2.97. The lowest BCUT2D eigenvalue weighted by molar-refractivity contribution is 0.198. The lowest BCUT2D eigenvalue weighted by Gasteiger charge is -2.19. The van der Waals surface area contributed by atoms with Crippen LogP contribution in [0.25, 0.3) is 0 Å². The summed E-state index contributed by atoms with van der Waals surface area (Å²) in [5, 5.41) is 5.97. The second kappa shape index (κ2) is 10.4. The molecule has 2 heterocycles. The molecule has 2 amide bonds. The predicted octanol–water partition coefficient (Wildman–Crippen LogP) is 3.74. The first-order chi connectivity index (χ1) is 15.2. The maximum atomic E-state index is 12.4. The Morgan fingerprint density at radius 3 is 2.87 bits per heavy atom. The minimum absolute atomic E-state index is 0.157. The molecule has 1 saturated carbocycles. The molecule has 2 aromatic rings. The number of hydrogen-bond donors (Lipinski definition) is 2. The lowest BCUT2D eigenvalue weighted by atomic mass is 10.1. The Bertz CT molecular complexity index is 869. The van der Waals surface area contributed by atoms with Gasteiger partial charge in [-0.2, -0.15) is 0 Å². The molecule has 1 aliphatic carbocycles. The summed E-state index contributed by atoms with van der Waals surface area (Å²) in [5.41, 5.74) is 2.08. The highest BCUT2D eigenvalue weighted by Crippen LogP contribution is 2.27. The van der Waals surface area contributed by atoms with Gasteiger partial charge in [0.25, 0.3) is 0 Å². The number of carbonyl (C=O) groups excluding carboxylic acids is 1. The van der Waals surface area contributed by atoms with E-state index in [1.807, 2.05) is 24.3 Å². The van der Waals surface area contributed by atoms with E-state index in [0.29, 0.717) is 24.9 Å². The molecule has 2 fully saturated rings. The van der Waals surface area contributed by atoms with E-state index < -0.39 is 0 Å². The minimum Gasteiger partial charge on any atom is -0.497 e. The molecule has 1 atom stereocenters. The summed E-state index contributed by atoms with van der Waals surface area (Å²) in [6, 6.07) is 11.8. The fourth-order valence-corrected chi connectivity index (χ4v) is 4.34. The van der Waals surface area contributed by atoms with Crippen LogP contribution >= 0.6 is 0 Å². The third-order valence-corrected chi connectivity index (χ3v) is 6.13. The monoisotopic (exact) mass is 424 g/mol. The second-order valence-corrected chi connectivity index (χ2v) is 8.36. The van der Waals surface area contributed by atoms with Gasteiger partial charge in [-0.15, -0.1) is 0 Å². The van der Waals surface area contributed by atoms with Crippen molar-refractivity contribution in [3.8, 4) is 11.6 Å². The van der Waals surface area contributed by atoms with Crippen molar-refractivity contribution in [3.63, 3.8) is 0 Å². The first-order valence-electron chi connectivity index (χ1n) is 11.2. The minimum atomic E-state index is -0.157. The molecule has 0 radical (unpaired) electrons. The fraction of sp³-hybridized carbons (Fsp3) is 0.500. The van der Waals surface area contributed by atoms with Gasteiger partial charge in [0.05, 0.1) is 7.11 Å². The number of amides is 2. The summed E-state index contributed by atoms with van der Waals surface area (Å²) in [7, 11) is 1.68. The zero-order valence-corrected chi connectivity index (χ0v) is 18.2. The number of nitrogens with zero attached hydrogens (tertiary/aromatic N) is 2. The van der Waals surface area contributed by atoms with E-state index >= 15 is 0 Å². The first-order valence-corrected chi connectivity index (χ1v) is 11.2. The maximum absolute atomic E-state index is 12.4. The van der Waals surface area contributed by atoms with Gasteiger partial charge in [-0.05, 0) is 56.2 Å². The van der Waals surface area contributed by atoms with Gasteiger partial charge in [0.15, 0.2) is 0 Å². The Hall–Kier alpha value is -2.96. The molecule has 7 heteroatoms. The van der Waals surface area contributed by atoms with Crippen LogP contribution < -0.4 is 25.0 Å². The van der Waals surface area contributed by atoms with Crippen LogP contribution in [0.15, 0.2) is 42.6 Å². The largest absolute Gasteiger partial charge is 0.497 e. The smallest absolute Gasteiger partial charge is 0.315 e. The van der Waals surface area contributed by atoms with Crippen molar-refractivity contribution in [2.75, 3.05) is 31.6 Å². The molecule has 4 rings (SSSR count). The number of nitrogens with one attached hydrogen (secondary N) is 2. The highest BCUT2D eigenvalue weighted by molar-refractivity contribution is 5.73. The van der Waals surface area contributed by atoms with Crippen LogP contribution in [0, 0.1) is 5.92 Å². The van der Waals surface area contributed by atoms with Gasteiger partial charge in [-0.3, -0.25) is 0 Å². The van der Waals surface area contributed by atoms with E-state index in [-0.39, 0.29) is 12.1 Å².